The van der Waals surface area contributed by atoms with Crippen molar-refractivity contribution in [1.82, 2.24) is 0 Å². The van der Waals surface area contributed by atoms with E-state index >= 15 is 0 Å². The molecule has 38 valence electrons. The lowest BCUT2D eigenvalue weighted by Gasteiger charge is -1.73. The maximum Gasteiger partial charge on any atom is 0.0501 e. The lowest BCUT2D eigenvalue weighted by molar-refractivity contribution is 1.08. The smallest absolute Gasteiger partial charge is 0.0501 e. The first-order chi connectivity index (χ1) is 3.43. The Balaban J connectivity index is 2.17. The molecule has 0 aliphatic heterocycles. The summed E-state index contributed by atoms with van der Waals surface area (Å²) in [5.74, 6) is 0. The van der Waals surface area contributed by atoms with Gasteiger partial charge in [0.2, 0.25) is 0 Å². The van der Waals surface area contributed by atoms with Gasteiger partial charge in [0.15, 0.2) is 0 Å². The minimum absolute atomic E-state index is 0.571. The Morgan fingerprint density at radius 2 is 2.29 bits per heavy atom. The number of nitrogens with zero attached hydrogens (tertiary/aromatic N) is 1. The van der Waals surface area contributed by atoms with E-state index in [-0.39, 0.29) is 0 Å². The zero-order valence-electron chi connectivity index (χ0n) is 4.09. The van der Waals surface area contributed by atoms with Crippen molar-refractivity contribution in [3.63, 3.8) is 0 Å². The van der Waals surface area contributed by atoms with E-state index in [1.807, 2.05) is 0 Å². The van der Waals surface area contributed by atoms with Gasteiger partial charge in [-0.05, 0) is 12.8 Å². The fourth-order valence-electron chi connectivity index (χ4n) is 0.388. The second kappa shape index (κ2) is 1.87. The first-order valence-corrected chi connectivity index (χ1v) is 2.45. The van der Waals surface area contributed by atoms with Gasteiger partial charge in [-0.1, -0.05) is 0 Å². The Kier molecular flexibility index (Phi) is 1.20. The molecule has 1 N–H and O–H groups in total. The van der Waals surface area contributed by atoms with Gasteiger partial charge in [-0.3, -0.25) is 4.99 Å². The van der Waals surface area contributed by atoms with Crippen molar-refractivity contribution in [2.24, 2.45) is 4.99 Å². The van der Waals surface area contributed by atoms with E-state index in [4.69, 9.17) is 5.41 Å². The molecule has 2 nitrogen and oxygen atoms in total. The Morgan fingerprint density at radius 1 is 1.57 bits per heavy atom. The fraction of sp³-hybridized carbons (Fsp3) is 0.600. The number of hydrogen-bond donors (Lipinski definition) is 1. The monoisotopic (exact) mass is 96.1 g/mol. The first-order valence-electron chi connectivity index (χ1n) is 2.45. The van der Waals surface area contributed by atoms with Gasteiger partial charge in [0.1, 0.15) is 0 Å². The van der Waals surface area contributed by atoms with Crippen LogP contribution in [0.15, 0.2) is 4.99 Å². The largest absolute Gasteiger partial charge is 0.307 e. The molecule has 1 saturated carbocycles. The van der Waals surface area contributed by atoms with Gasteiger partial charge in [-0.25, -0.2) is 0 Å². The quantitative estimate of drug-likeness (QED) is 0.495. The van der Waals surface area contributed by atoms with Crippen molar-refractivity contribution >= 4 is 12.4 Å². The highest BCUT2D eigenvalue weighted by molar-refractivity contribution is 6.14. The van der Waals surface area contributed by atoms with Crippen molar-refractivity contribution in [2.45, 2.75) is 18.9 Å². The topological polar surface area (TPSA) is 36.2 Å². The molecule has 2 heteroatoms. The normalized spacial score (nSPS) is 20.6. The summed E-state index contributed by atoms with van der Waals surface area (Å²) in [4.78, 5) is 3.99. The van der Waals surface area contributed by atoms with Gasteiger partial charge in [-0.2, -0.15) is 0 Å². The Bertz CT molecular complexity index is 92.3. The summed E-state index contributed by atoms with van der Waals surface area (Å²) in [6.07, 6.45) is 5.23. The lowest BCUT2D eigenvalue weighted by atomic mass is 10.7. The van der Waals surface area contributed by atoms with Crippen LogP contribution in [0.25, 0.3) is 0 Å². The molecular weight excluding hydrogens is 88.1 g/mol. The highest BCUT2D eigenvalue weighted by Crippen LogP contribution is 2.22. The highest BCUT2D eigenvalue weighted by Gasteiger charge is 2.18. The Morgan fingerprint density at radius 3 is 2.71 bits per heavy atom. The van der Waals surface area contributed by atoms with Gasteiger partial charge in [0.05, 0.1) is 6.04 Å². The van der Waals surface area contributed by atoms with Crippen LogP contribution in [0.2, 0.25) is 0 Å². The summed E-state index contributed by atoms with van der Waals surface area (Å²) in [5, 5.41) is 6.55. The molecule has 7 heavy (non-hydrogen) atoms. The van der Waals surface area contributed by atoms with Gasteiger partial charge in [0, 0.05) is 12.4 Å². The van der Waals surface area contributed by atoms with Crippen LogP contribution in [0.4, 0.5) is 0 Å². The van der Waals surface area contributed by atoms with E-state index < -0.39 is 0 Å². The maximum atomic E-state index is 6.55. The SMILES string of the molecule is N=CC=NC1CC1. The van der Waals surface area contributed by atoms with Crippen LogP contribution in [0.1, 0.15) is 12.8 Å². The minimum Gasteiger partial charge on any atom is -0.307 e. The molecule has 0 aromatic heterocycles. The molecule has 0 radical (unpaired) electrons. The molecule has 1 rings (SSSR count). The lowest BCUT2D eigenvalue weighted by Crippen LogP contribution is -1.75. The number of aliphatic imine (C=N–C) groups is 1. The molecule has 1 fully saturated rings. The second-order valence-electron chi connectivity index (χ2n) is 1.70. The molecule has 0 amide bonds. The summed E-state index contributed by atoms with van der Waals surface area (Å²) < 4.78 is 0. The molecule has 0 aromatic rings. The molecule has 0 heterocycles. The molecule has 0 bridgehead atoms. The van der Waals surface area contributed by atoms with E-state index in [0.717, 1.165) is 0 Å². The molecule has 1 aliphatic rings. The third kappa shape index (κ3) is 1.48. The molecule has 0 saturated heterocycles. The molecule has 1 aliphatic carbocycles. The van der Waals surface area contributed by atoms with Gasteiger partial charge < -0.3 is 5.41 Å². The molecule has 0 atom stereocenters. The molecule has 0 unspecified atom stereocenters. The standard InChI is InChI=1S/C5H8N2/c6-3-4-7-5-1-2-5/h3-6H,1-2H2. The zero-order valence-corrected chi connectivity index (χ0v) is 4.09. The van der Waals surface area contributed by atoms with Gasteiger partial charge in [0.25, 0.3) is 0 Å². The third-order valence-corrected chi connectivity index (χ3v) is 0.918. The van der Waals surface area contributed by atoms with E-state index in [1.165, 1.54) is 19.1 Å². The third-order valence-electron chi connectivity index (χ3n) is 0.918. The first kappa shape index (κ1) is 4.50. The van der Waals surface area contributed by atoms with Crippen molar-refractivity contribution in [1.29, 1.82) is 5.41 Å². The van der Waals surface area contributed by atoms with Gasteiger partial charge >= 0.3 is 0 Å². The van der Waals surface area contributed by atoms with Crippen molar-refractivity contribution in [3.8, 4) is 0 Å². The highest BCUT2D eigenvalue weighted by atomic mass is 14.8. The number of hydrogen-bond acceptors (Lipinski definition) is 2. The van der Waals surface area contributed by atoms with Crippen LogP contribution in [0, 0.1) is 5.41 Å². The Hall–Kier alpha value is -0.660. The maximum absolute atomic E-state index is 6.55. The van der Waals surface area contributed by atoms with Crippen molar-refractivity contribution < 1.29 is 0 Å². The summed E-state index contributed by atoms with van der Waals surface area (Å²) in [5.41, 5.74) is 0. The summed E-state index contributed by atoms with van der Waals surface area (Å²) >= 11 is 0. The summed E-state index contributed by atoms with van der Waals surface area (Å²) in [7, 11) is 0. The van der Waals surface area contributed by atoms with E-state index in [0.29, 0.717) is 6.04 Å². The average Bonchev–Trinajstić information content (AvgIpc) is 2.42. The van der Waals surface area contributed by atoms with Crippen molar-refractivity contribution in [2.75, 3.05) is 0 Å². The summed E-state index contributed by atoms with van der Waals surface area (Å²) in [6, 6.07) is 0.571. The second-order valence-corrected chi connectivity index (χ2v) is 1.70. The van der Waals surface area contributed by atoms with Crippen LogP contribution >= 0.6 is 0 Å². The van der Waals surface area contributed by atoms with Gasteiger partial charge in [-0.15, -0.1) is 0 Å². The van der Waals surface area contributed by atoms with Crippen LogP contribution in [0.5, 0.6) is 0 Å². The van der Waals surface area contributed by atoms with Crippen LogP contribution in [-0.2, 0) is 0 Å². The predicted molar refractivity (Wildman–Crippen MR) is 30.3 cm³/mol. The molecule has 0 spiro atoms. The zero-order chi connectivity index (χ0) is 5.11. The van der Waals surface area contributed by atoms with E-state index in [1.54, 1.807) is 6.21 Å². The number of nitrogens with one attached hydrogen (secondary N) is 1. The van der Waals surface area contributed by atoms with Crippen molar-refractivity contribution in [3.05, 3.63) is 0 Å². The molecule has 0 aromatic carbocycles. The van der Waals surface area contributed by atoms with Crippen LogP contribution in [0.3, 0.4) is 0 Å². The predicted octanol–water partition coefficient (Wildman–Crippen LogP) is 0.869. The summed E-state index contributed by atoms with van der Waals surface area (Å²) in [6.45, 7) is 0. The van der Waals surface area contributed by atoms with Crippen LogP contribution in [-0.4, -0.2) is 18.5 Å². The van der Waals surface area contributed by atoms with E-state index in [2.05, 4.69) is 4.99 Å². The van der Waals surface area contributed by atoms with Crippen LogP contribution < -0.4 is 0 Å². The fourth-order valence-corrected chi connectivity index (χ4v) is 0.388. The van der Waals surface area contributed by atoms with E-state index in [9.17, 15) is 0 Å². The number of rotatable bonds is 2. The Labute approximate surface area is 42.8 Å². The minimum atomic E-state index is 0.571. The average molecular weight is 96.1 g/mol. The molecular formula is C5H8N2.